The third-order valence-electron chi connectivity index (χ3n) is 4.21. The minimum Gasteiger partial charge on any atom is -0.497 e. The van der Waals surface area contributed by atoms with Gasteiger partial charge in [0.15, 0.2) is 0 Å². The fourth-order valence-electron chi connectivity index (χ4n) is 2.90. The summed E-state index contributed by atoms with van der Waals surface area (Å²) in [7, 11) is 1.65. The zero-order valence-corrected chi connectivity index (χ0v) is 14.2. The second-order valence-corrected chi connectivity index (χ2v) is 6.85. The van der Waals surface area contributed by atoms with Gasteiger partial charge in [-0.05, 0) is 44.1 Å². The van der Waals surface area contributed by atoms with Gasteiger partial charge >= 0.3 is 0 Å². The van der Waals surface area contributed by atoms with Gasteiger partial charge < -0.3 is 9.64 Å². The van der Waals surface area contributed by atoms with Crippen LogP contribution < -0.4 is 4.74 Å². The van der Waals surface area contributed by atoms with E-state index in [9.17, 15) is 5.26 Å². The lowest BCUT2D eigenvalue weighted by Crippen LogP contribution is -2.31. The minimum atomic E-state index is 0.659. The molecule has 0 unspecified atom stereocenters. The van der Waals surface area contributed by atoms with Crippen LogP contribution in [0.15, 0.2) is 29.3 Å². The van der Waals surface area contributed by atoms with E-state index in [4.69, 9.17) is 4.74 Å². The normalized spacial score (nSPS) is 15.5. The fourth-order valence-corrected chi connectivity index (χ4v) is 3.87. The van der Waals surface area contributed by atoms with Gasteiger partial charge in [0.25, 0.3) is 0 Å². The number of piperidine rings is 1. The molecule has 5 heteroatoms. The number of pyridine rings is 1. The Morgan fingerprint density at radius 1 is 1.26 bits per heavy atom. The standard InChI is InChI=1S/C18H21N3OS/c1-22-16-6-5-14-11-15(13-19)18(20-17(14)12-16)23-10-9-21-7-3-2-4-8-21/h5-6,11-12H,2-4,7-10H2,1H3. The molecular weight excluding hydrogens is 306 g/mol. The summed E-state index contributed by atoms with van der Waals surface area (Å²) in [5, 5.41) is 11.2. The Bertz CT molecular complexity index is 720. The van der Waals surface area contributed by atoms with Crippen LogP contribution in [0.1, 0.15) is 24.8 Å². The van der Waals surface area contributed by atoms with Gasteiger partial charge in [0.1, 0.15) is 16.8 Å². The van der Waals surface area contributed by atoms with Crippen LogP contribution in [0, 0.1) is 11.3 Å². The maximum absolute atomic E-state index is 9.39. The molecule has 1 fully saturated rings. The van der Waals surface area contributed by atoms with Crippen molar-refractivity contribution in [3.8, 4) is 11.8 Å². The first-order valence-corrected chi connectivity index (χ1v) is 9.03. The lowest BCUT2D eigenvalue weighted by molar-refractivity contribution is 0.242. The van der Waals surface area contributed by atoms with E-state index in [1.165, 1.54) is 32.4 Å². The van der Waals surface area contributed by atoms with E-state index in [0.717, 1.165) is 34.0 Å². The summed E-state index contributed by atoms with van der Waals surface area (Å²) in [6, 6.07) is 9.97. The van der Waals surface area contributed by atoms with Crippen LogP contribution in [-0.4, -0.2) is 42.4 Å². The number of aromatic nitrogens is 1. The molecule has 1 aliphatic rings. The molecule has 120 valence electrons. The van der Waals surface area contributed by atoms with Crippen molar-refractivity contribution in [2.45, 2.75) is 24.3 Å². The van der Waals surface area contributed by atoms with Crippen molar-refractivity contribution in [1.82, 2.24) is 9.88 Å². The first-order chi connectivity index (χ1) is 11.3. The average Bonchev–Trinajstić information content (AvgIpc) is 2.61. The summed E-state index contributed by atoms with van der Waals surface area (Å²) in [6.45, 7) is 3.47. The van der Waals surface area contributed by atoms with E-state index in [1.54, 1.807) is 18.9 Å². The van der Waals surface area contributed by atoms with Gasteiger partial charge in [-0.1, -0.05) is 6.42 Å². The van der Waals surface area contributed by atoms with E-state index in [-0.39, 0.29) is 0 Å². The number of likely N-dealkylation sites (tertiary alicyclic amines) is 1. The second-order valence-electron chi connectivity index (χ2n) is 5.76. The number of ether oxygens (including phenoxy) is 1. The lowest BCUT2D eigenvalue weighted by atomic mass is 10.1. The Kier molecular flexibility index (Phi) is 5.37. The highest BCUT2D eigenvalue weighted by Gasteiger charge is 2.12. The average molecular weight is 327 g/mol. The largest absolute Gasteiger partial charge is 0.497 e. The van der Waals surface area contributed by atoms with E-state index in [1.807, 2.05) is 24.3 Å². The molecule has 0 N–H and O–H groups in total. The molecular formula is C18H21N3OS. The maximum Gasteiger partial charge on any atom is 0.121 e. The minimum absolute atomic E-state index is 0.659. The molecule has 1 aromatic carbocycles. The van der Waals surface area contributed by atoms with Crippen LogP contribution in [0.5, 0.6) is 5.75 Å². The summed E-state index contributed by atoms with van der Waals surface area (Å²) in [5.74, 6) is 1.76. The molecule has 0 atom stereocenters. The number of hydrogen-bond acceptors (Lipinski definition) is 5. The number of nitrogens with zero attached hydrogens (tertiary/aromatic N) is 3. The van der Waals surface area contributed by atoms with Gasteiger partial charge in [0, 0.05) is 23.8 Å². The summed E-state index contributed by atoms with van der Waals surface area (Å²) in [6.07, 6.45) is 3.97. The maximum atomic E-state index is 9.39. The lowest BCUT2D eigenvalue weighted by Gasteiger charge is -2.26. The van der Waals surface area contributed by atoms with Crippen LogP contribution >= 0.6 is 11.8 Å². The quantitative estimate of drug-likeness (QED) is 0.784. The third kappa shape index (κ3) is 3.95. The molecule has 0 spiro atoms. The predicted molar refractivity (Wildman–Crippen MR) is 94.0 cm³/mol. The molecule has 0 amide bonds. The number of thioether (sulfide) groups is 1. The number of fused-ring (bicyclic) bond motifs is 1. The molecule has 3 rings (SSSR count). The van der Waals surface area contributed by atoms with Crippen LogP contribution in [0.3, 0.4) is 0 Å². The monoisotopic (exact) mass is 327 g/mol. The number of rotatable bonds is 5. The number of hydrogen-bond donors (Lipinski definition) is 0. The van der Waals surface area contributed by atoms with Crippen molar-refractivity contribution in [2.75, 3.05) is 32.5 Å². The first-order valence-electron chi connectivity index (χ1n) is 8.04. The summed E-state index contributed by atoms with van der Waals surface area (Å²) in [4.78, 5) is 7.19. The SMILES string of the molecule is COc1ccc2cc(C#N)c(SCCN3CCCCC3)nc2c1. The highest BCUT2D eigenvalue weighted by atomic mass is 32.2. The molecule has 1 saturated heterocycles. The van der Waals surface area contributed by atoms with E-state index < -0.39 is 0 Å². The Morgan fingerprint density at radius 3 is 2.83 bits per heavy atom. The van der Waals surface area contributed by atoms with Crippen molar-refractivity contribution < 1.29 is 4.74 Å². The van der Waals surface area contributed by atoms with Gasteiger partial charge in [-0.15, -0.1) is 11.8 Å². The van der Waals surface area contributed by atoms with Crippen LogP contribution in [0.4, 0.5) is 0 Å². The van der Waals surface area contributed by atoms with Gasteiger partial charge in [0.2, 0.25) is 0 Å². The highest BCUT2D eigenvalue weighted by Crippen LogP contribution is 2.27. The molecule has 4 nitrogen and oxygen atoms in total. The molecule has 1 aliphatic heterocycles. The molecule has 1 aromatic heterocycles. The summed E-state index contributed by atoms with van der Waals surface area (Å²) >= 11 is 1.68. The third-order valence-corrected chi connectivity index (χ3v) is 5.18. The topological polar surface area (TPSA) is 49.1 Å². The van der Waals surface area contributed by atoms with Crippen LogP contribution in [0.25, 0.3) is 10.9 Å². The van der Waals surface area contributed by atoms with E-state index in [2.05, 4.69) is 16.0 Å². The Labute approximate surface area is 141 Å². The predicted octanol–water partition coefficient (Wildman–Crippen LogP) is 3.69. The van der Waals surface area contributed by atoms with Gasteiger partial charge in [-0.3, -0.25) is 0 Å². The first kappa shape index (κ1) is 16.1. The van der Waals surface area contributed by atoms with Gasteiger partial charge in [-0.25, -0.2) is 4.98 Å². The zero-order chi connectivity index (χ0) is 16.1. The highest BCUT2D eigenvalue weighted by molar-refractivity contribution is 7.99. The molecule has 2 aromatic rings. The second kappa shape index (κ2) is 7.67. The fraction of sp³-hybridized carbons (Fsp3) is 0.444. The van der Waals surface area contributed by atoms with E-state index >= 15 is 0 Å². The number of methoxy groups -OCH3 is 1. The molecule has 0 bridgehead atoms. The van der Waals surface area contributed by atoms with Crippen LogP contribution in [0.2, 0.25) is 0 Å². The van der Waals surface area contributed by atoms with Crippen molar-refractivity contribution in [2.24, 2.45) is 0 Å². The van der Waals surface area contributed by atoms with Crippen molar-refractivity contribution in [3.63, 3.8) is 0 Å². The molecule has 23 heavy (non-hydrogen) atoms. The van der Waals surface area contributed by atoms with Gasteiger partial charge in [0.05, 0.1) is 18.2 Å². The van der Waals surface area contributed by atoms with Crippen molar-refractivity contribution >= 4 is 22.7 Å². The smallest absolute Gasteiger partial charge is 0.121 e. The molecule has 0 saturated carbocycles. The number of benzene rings is 1. The number of nitriles is 1. The molecule has 2 heterocycles. The van der Waals surface area contributed by atoms with Crippen molar-refractivity contribution in [3.05, 3.63) is 29.8 Å². The molecule has 0 aliphatic carbocycles. The van der Waals surface area contributed by atoms with Gasteiger partial charge in [-0.2, -0.15) is 5.26 Å². The summed E-state index contributed by atoms with van der Waals surface area (Å²) in [5.41, 5.74) is 1.54. The zero-order valence-electron chi connectivity index (χ0n) is 13.4. The Balaban J connectivity index is 1.74. The van der Waals surface area contributed by atoms with Crippen molar-refractivity contribution in [1.29, 1.82) is 5.26 Å². The Morgan fingerprint density at radius 2 is 2.09 bits per heavy atom. The van der Waals surface area contributed by atoms with Crippen LogP contribution in [-0.2, 0) is 0 Å². The summed E-state index contributed by atoms with van der Waals surface area (Å²) < 4.78 is 5.26. The van der Waals surface area contributed by atoms with E-state index in [0.29, 0.717) is 5.56 Å². The Hall–Kier alpha value is -1.77. The molecule has 0 radical (unpaired) electrons.